The van der Waals surface area contributed by atoms with Crippen LogP contribution in [-0.4, -0.2) is 77.7 Å². The quantitative estimate of drug-likeness (QED) is 0.352. The number of rotatable bonds is 9. The second-order valence-corrected chi connectivity index (χ2v) is 11.4. The van der Waals surface area contributed by atoms with Crippen molar-refractivity contribution in [1.29, 1.82) is 0 Å². The minimum Gasteiger partial charge on any atom is -0.469 e. The molecular weight excluding hydrogens is 546 g/mol. The highest BCUT2D eigenvalue weighted by Crippen LogP contribution is 2.37. The number of likely N-dealkylation sites (tertiary alicyclic amines) is 2. The Balaban J connectivity index is 1.46. The van der Waals surface area contributed by atoms with E-state index < -0.39 is 36.0 Å². The molecule has 226 valence electrons. The summed E-state index contributed by atoms with van der Waals surface area (Å²) in [4.78, 5) is 57.6. The van der Waals surface area contributed by atoms with Gasteiger partial charge in [0.1, 0.15) is 23.9 Å². The van der Waals surface area contributed by atoms with Gasteiger partial charge in [0.25, 0.3) is 0 Å². The number of hydrogen-bond donors (Lipinski definition) is 3. The molecule has 5 rings (SSSR count). The minimum absolute atomic E-state index is 0.0139. The Morgan fingerprint density at radius 3 is 1.98 bits per heavy atom. The number of carbonyl (C=O) groups is 4. The van der Waals surface area contributed by atoms with Gasteiger partial charge in [-0.15, -0.1) is 0 Å². The van der Waals surface area contributed by atoms with E-state index in [0.29, 0.717) is 31.7 Å². The van der Waals surface area contributed by atoms with Gasteiger partial charge in [-0.3, -0.25) is 19.2 Å². The van der Waals surface area contributed by atoms with Gasteiger partial charge < -0.3 is 30.6 Å². The van der Waals surface area contributed by atoms with Crippen molar-refractivity contribution >= 4 is 23.6 Å². The van der Waals surface area contributed by atoms with E-state index in [1.54, 1.807) is 35.9 Å². The van der Waals surface area contributed by atoms with Gasteiger partial charge in [-0.05, 0) is 43.0 Å². The van der Waals surface area contributed by atoms with Crippen molar-refractivity contribution in [3.8, 4) is 0 Å². The third-order valence-corrected chi connectivity index (χ3v) is 8.56. The molecule has 3 aromatic rings. The Morgan fingerprint density at radius 1 is 0.860 bits per heavy atom. The smallest absolute Gasteiger partial charge is 0.246 e. The van der Waals surface area contributed by atoms with Crippen LogP contribution in [0.2, 0.25) is 0 Å². The van der Waals surface area contributed by atoms with Crippen molar-refractivity contribution in [1.82, 2.24) is 20.4 Å². The lowest BCUT2D eigenvalue weighted by atomic mass is 9.96. The third-order valence-electron chi connectivity index (χ3n) is 8.56. The summed E-state index contributed by atoms with van der Waals surface area (Å²) in [5.74, 6) is -0.960. The molecule has 4 N–H and O–H groups in total. The Kier molecular flexibility index (Phi) is 9.25. The van der Waals surface area contributed by atoms with Gasteiger partial charge in [-0.1, -0.05) is 60.7 Å². The summed E-state index contributed by atoms with van der Waals surface area (Å²) < 4.78 is 5.50. The van der Waals surface area contributed by atoms with Gasteiger partial charge in [0.15, 0.2) is 0 Å². The van der Waals surface area contributed by atoms with Crippen LogP contribution in [0.15, 0.2) is 83.5 Å². The molecule has 0 radical (unpaired) electrons. The second kappa shape index (κ2) is 13.2. The number of nitrogens with zero attached hydrogens (tertiary/aromatic N) is 2. The molecular formula is C33H39N5O5. The van der Waals surface area contributed by atoms with E-state index in [0.717, 1.165) is 11.1 Å². The number of benzene rings is 2. The van der Waals surface area contributed by atoms with Crippen LogP contribution in [0.4, 0.5) is 0 Å². The van der Waals surface area contributed by atoms with E-state index in [4.69, 9.17) is 10.2 Å². The molecule has 10 nitrogen and oxygen atoms in total. The van der Waals surface area contributed by atoms with Gasteiger partial charge in [-0.25, -0.2) is 0 Å². The average molecular weight is 586 g/mol. The fourth-order valence-electron chi connectivity index (χ4n) is 6.27. The van der Waals surface area contributed by atoms with Crippen LogP contribution in [-0.2, 0) is 25.6 Å². The Bertz CT molecular complexity index is 1410. The van der Waals surface area contributed by atoms with E-state index in [9.17, 15) is 19.2 Å². The Hall–Kier alpha value is -4.44. The van der Waals surface area contributed by atoms with E-state index in [1.807, 2.05) is 60.7 Å². The van der Waals surface area contributed by atoms with Crippen molar-refractivity contribution < 1.29 is 23.6 Å². The first-order valence-corrected chi connectivity index (χ1v) is 14.8. The first kappa shape index (κ1) is 30.0. The first-order valence-electron chi connectivity index (χ1n) is 14.8. The lowest BCUT2D eigenvalue weighted by Crippen LogP contribution is -2.57. The zero-order chi connectivity index (χ0) is 30.5. The van der Waals surface area contributed by atoms with Crippen LogP contribution < -0.4 is 16.4 Å². The maximum Gasteiger partial charge on any atom is 0.246 e. The lowest BCUT2D eigenvalue weighted by molar-refractivity contribution is -0.147. The molecule has 2 aliphatic heterocycles. The average Bonchev–Trinajstić information content (AvgIpc) is 3.81. The summed E-state index contributed by atoms with van der Waals surface area (Å²) in [6.07, 6.45) is 2.51. The number of nitrogens with two attached hydrogens (primary N) is 1. The second-order valence-electron chi connectivity index (χ2n) is 11.4. The minimum atomic E-state index is -0.986. The summed E-state index contributed by atoms with van der Waals surface area (Å²) in [6, 6.07) is 19.8. The fourth-order valence-corrected chi connectivity index (χ4v) is 6.27. The molecule has 0 saturated carbocycles. The molecule has 6 atom stereocenters. The summed E-state index contributed by atoms with van der Waals surface area (Å²) in [5, 5.41) is 5.49. The number of furan rings is 1. The highest BCUT2D eigenvalue weighted by Gasteiger charge is 2.48. The molecule has 1 unspecified atom stereocenters. The van der Waals surface area contributed by atoms with Gasteiger partial charge in [0.2, 0.25) is 23.6 Å². The first-order chi connectivity index (χ1) is 20.8. The van der Waals surface area contributed by atoms with E-state index in [1.165, 1.54) is 6.26 Å². The highest BCUT2D eigenvalue weighted by atomic mass is 16.3. The molecule has 2 fully saturated rings. The lowest BCUT2D eigenvalue weighted by Gasteiger charge is -2.32. The van der Waals surface area contributed by atoms with E-state index >= 15 is 0 Å². The molecule has 43 heavy (non-hydrogen) atoms. The van der Waals surface area contributed by atoms with E-state index in [-0.39, 0.29) is 30.1 Å². The van der Waals surface area contributed by atoms with Crippen LogP contribution in [0.5, 0.6) is 0 Å². The standard InChI is InChI=1S/C33H39N5O5/c1-21(34)30(39)36-27(18-26-14-9-15-43-26)32(41)38-20-25(23-12-7-4-8-13-23)17-29(38)33(42)37-19-24(16-28(37)31(40)35-2)22-10-5-3-6-11-22/h3-15,21,24-25,27-29H,16-20,34H2,1-2H3,(H,35,40)(H,36,39)/t21-,24-,25-,27?,28-,29-/m0/s1. The van der Waals surface area contributed by atoms with Crippen LogP contribution in [0.1, 0.15) is 48.5 Å². The van der Waals surface area contributed by atoms with Crippen LogP contribution in [0.25, 0.3) is 0 Å². The van der Waals surface area contributed by atoms with Gasteiger partial charge in [0, 0.05) is 38.4 Å². The van der Waals surface area contributed by atoms with E-state index in [2.05, 4.69) is 10.6 Å². The predicted octanol–water partition coefficient (Wildman–Crippen LogP) is 2.17. The van der Waals surface area contributed by atoms with Crippen molar-refractivity contribution in [3.63, 3.8) is 0 Å². The zero-order valence-corrected chi connectivity index (χ0v) is 24.5. The highest BCUT2D eigenvalue weighted by molar-refractivity contribution is 5.95. The molecule has 4 amide bonds. The molecule has 10 heteroatoms. The molecule has 2 aromatic carbocycles. The van der Waals surface area contributed by atoms with Crippen LogP contribution >= 0.6 is 0 Å². The molecule has 3 heterocycles. The number of hydrogen-bond acceptors (Lipinski definition) is 6. The summed E-state index contributed by atoms with van der Waals surface area (Å²) in [7, 11) is 1.57. The molecule has 0 spiro atoms. The molecule has 1 aromatic heterocycles. The molecule has 0 aliphatic carbocycles. The largest absolute Gasteiger partial charge is 0.469 e. The Morgan fingerprint density at radius 2 is 1.44 bits per heavy atom. The topological polar surface area (TPSA) is 138 Å². The van der Waals surface area contributed by atoms with Gasteiger partial charge >= 0.3 is 0 Å². The maximum absolute atomic E-state index is 14.4. The number of amides is 4. The maximum atomic E-state index is 14.4. The number of carbonyl (C=O) groups excluding carboxylic acids is 4. The molecule has 0 bridgehead atoms. The number of likely N-dealkylation sites (N-methyl/N-ethyl adjacent to an activating group) is 1. The van der Waals surface area contributed by atoms with Crippen molar-refractivity contribution in [3.05, 3.63) is 95.9 Å². The third kappa shape index (κ3) is 6.64. The SMILES string of the molecule is CNC(=O)[C@@H]1C[C@H](c2ccccc2)CN1C(=O)[C@@H]1C[C@H](c2ccccc2)CN1C(=O)C(Cc1ccco1)NC(=O)[C@H](C)N. The normalized spacial score (nSPS) is 23.0. The fraction of sp³-hybridized carbons (Fsp3) is 0.394. The van der Waals surface area contributed by atoms with Gasteiger partial charge in [0.05, 0.1) is 12.3 Å². The summed E-state index contributed by atoms with van der Waals surface area (Å²) in [5.41, 5.74) is 7.90. The summed E-state index contributed by atoms with van der Waals surface area (Å²) in [6.45, 7) is 2.21. The van der Waals surface area contributed by atoms with Crippen LogP contribution in [0.3, 0.4) is 0 Å². The zero-order valence-electron chi connectivity index (χ0n) is 24.5. The monoisotopic (exact) mass is 585 g/mol. The van der Waals surface area contributed by atoms with Crippen LogP contribution in [0, 0.1) is 0 Å². The Labute approximate surface area is 251 Å². The molecule has 2 aliphatic rings. The van der Waals surface area contributed by atoms with Crippen molar-refractivity contribution in [2.75, 3.05) is 20.1 Å². The van der Waals surface area contributed by atoms with Crippen molar-refractivity contribution in [2.45, 2.75) is 62.2 Å². The van der Waals surface area contributed by atoms with Gasteiger partial charge in [-0.2, -0.15) is 0 Å². The summed E-state index contributed by atoms with van der Waals surface area (Å²) >= 11 is 0. The number of nitrogens with one attached hydrogen (secondary N) is 2. The van der Waals surface area contributed by atoms with Crippen molar-refractivity contribution in [2.24, 2.45) is 5.73 Å². The molecule has 2 saturated heterocycles. The predicted molar refractivity (Wildman–Crippen MR) is 161 cm³/mol.